The van der Waals surface area contributed by atoms with Crippen molar-refractivity contribution < 1.29 is 17.9 Å². The molecular weight excluding hydrogens is 352 g/mol. The molecule has 7 heteroatoms. The maximum atomic E-state index is 12.1. The van der Waals surface area contributed by atoms with Gasteiger partial charge in [0.25, 0.3) is 0 Å². The fourth-order valence-corrected chi connectivity index (χ4v) is 3.17. The maximum Gasteiger partial charge on any atom is 0.235 e. The van der Waals surface area contributed by atoms with Crippen LogP contribution in [0.15, 0.2) is 54.6 Å². The average Bonchev–Trinajstić information content (AvgIpc) is 2.62. The fourth-order valence-electron chi connectivity index (χ4n) is 2.43. The van der Waals surface area contributed by atoms with Gasteiger partial charge in [0, 0.05) is 13.1 Å². The van der Waals surface area contributed by atoms with E-state index in [-0.39, 0.29) is 19.0 Å². The highest BCUT2D eigenvalue weighted by Crippen LogP contribution is 2.11. The van der Waals surface area contributed by atoms with E-state index >= 15 is 0 Å². The highest BCUT2D eigenvalue weighted by atomic mass is 32.2. The van der Waals surface area contributed by atoms with Gasteiger partial charge in [-0.05, 0) is 29.7 Å². The first-order valence-corrected chi connectivity index (χ1v) is 10.1. The van der Waals surface area contributed by atoms with Crippen LogP contribution in [0.25, 0.3) is 0 Å². The van der Waals surface area contributed by atoms with E-state index < -0.39 is 10.0 Å². The summed E-state index contributed by atoms with van der Waals surface area (Å²) in [6.45, 7) is 0.413. The van der Waals surface area contributed by atoms with Crippen molar-refractivity contribution >= 4 is 15.9 Å². The molecule has 0 radical (unpaired) electrons. The minimum atomic E-state index is -3.48. The molecule has 1 amide bonds. The number of sulfonamides is 1. The zero-order valence-electron chi connectivity index (χ0n) is 15.0. The Kier molecular flexibility index (Phi) is 7.17. The van der Waals surface area contributed by atoms with Crippen molar-refractivity contribution in [3.05, 3.63) is 65.7 Å². The van der Waals surface area contributed by atoms with Crippen LogP contribution in [0.2, 0.25) is 0 Å². The third kappa shape index (κ3) is 6.50. The van der Waals surface area contributed by atoms with Crippen LogP contribution in [-0.2, 0) is 27.8 Å². The van der Waals surface area contributed by atoms with Gasteiger partial charge in [-0.25, -0.2) is 8.42 Å². The molecule has 140 valence electrons. The van der Waals surface area contributed by atoms with Crippen molar-refractivity contribution in [2.24, 2.45) is 0 Å². The summed E-state index contributed by atoms with van der Waals surface area (Å²) in [5.74, 6) is 0.461. The molecule has 0 aliphatic rings. The van der Waals surface area contributed by atoms with Crippen molar-refractivity contribution in [1.82, 2.24) is 9.62 Å². The van der Waals surface area contributed by atoms with Crippen LogP contribution in [0.1, 0.15) is 11.1 Å². The minimum absolute atomic E-state index is 0.172. The zero-order valence-corrected chi connectivity index (χ0v) is 15.8. The second kappa shape index (κ2) is 9.35. The fraction of sp³-hybridized carbons (Fsp3) is 0.316. The van der Waals surface area contributed by atoms with Gasteiger partial charge >= 0.3 is 0 Å². The van der Waals surface area contributed by atoms with Gasteiger partial charge < -0.3 is 10.1 Å². The number of ether oxygens (including phenoxy) is 1. The number of carbonyl (C=O) groups excluding carboxylic acids is 1. The lowest BCUT2D eigenvalue weighted by Crippen LogP contribution is -2.40. The second-order valence-corrected chi connectivity index (χ2v) is 7.95. The molecule has 6 nitrogen and oxygen atoms in total. The molecular formula is C19H24N2O4S. The Balaban J connectivity index is 1.86. The first kappa shape index (κ1) is 19.9. The Morgan fingerprint density at radius 1 is 1.04 bits per heavy atom. The normalized spacial score (nSPS) is 11.3. The average molecular weight is 376 g/mol. The number of rotatable bonds is 9. The Bertz CT molecular complexity index is 805. The summed E-state index contributed by atoms with van der Waals surface area (Å²) in [5, 5.41) is 2.77. The number of hydrogen-bond donors (Lipinski definition) is 1. The first-order valence-electron chi connectivity index (χ1n) is 8.27. The summed E-state index contributed by atoms with van der Waals surface area (Å²) in [6, 6.07) is 16.8. The van der Waals surface area contributed by atoms with E-state index in [4.69, 9.17) is 4.74 Å². The first-order chi connectivity index (χ1) is 12.4. The lowest BCUT2D eigenvalue weighted by molar-refractivity contribution is -0.121. The predicted molar refractivity (Wildman–Crippen MR) is 101 cm³/mol. The van der Waals surface area contributed by atoms with Crippen LogP contribution >= 0.6 is 0 Å². The summed E-state index contributed by atoms with van der Waals surface area (Å²) < 4.78 is 30.2. The zero-order chi connectivity index (χ0) is 19.0. The van der Waals surface area contributed by atoms with Crippen molar-refractivity contribution in [2.45, 2.75) is 13.0 Å². The molecule has 0 aliphatic heterocycles. The Morgan fingerprint density at radius 3 is 2.27 bits per heavy atom. The Hall–Kier alpha value is -2.38. The van der Waals surface area contributed by atoms with Crippen LogP contribution in [0.5, 0.6) is 5.75 Å². The van der Waals surface area contributed by atoms with Crippen LogP contribution in [-0.4, -0.2) is 45.1 Å². The molecule has 0 aromatic heterocycles. The molecule has 0 aliphatic carbocycles. The largest absolute Gasteiger partial charge is 0.497 e. The van der Waals surface area contributed by atoms with Crippen molar-refractivity contribution in [2.75, 3.05) is 26.5 Å². The molecule has 2 aromatic carbocycles. The summed E-state index contributed by atoms with van der Waals surface area (Å²) in [7, 11) is -1.88. The standard InChI is InChI=1S/C19H24N2O4S/c1-25-18-10-8-16(9-11-18)12-13-20-19(22)15-21(26(2,23)24)14-17-6-4-3-5-7-17/h3-11H,12-15H2,1-2H3,(H,20,22). The topological polar surface area (TPSA) is 75.7 Å². The van der Waals surface area contributed by atoms with E-state index in [1.807, 2.05) is 54.6 Å². The molecule has 1 N–H and O–H groups in total. The number of hydrogen-bond acceptors (Lipinski definition) is 4. The lowest BCUT2D eigenvalue weighted by Gasteiger charge is -2.19. The Morgan fingerprint density at radius 2 is 1.69 bits per heavy atom. The van der Waals surface area contributed by atoms with E-state index in [9.17, 15) is 13.2 Å². The number of benzene rings is 2. The molecule has 0 fully saturated rings. The maximum absolute atomic E-state index is 12.1. The molecule has 0 saturated heterocycles. The predicted octanol–water partition coefficient (Wildman–Crippen LogP) is 1.82. The van der Waals surface area contributed by atoms with Crippen LogP contribution in [0.3, 0.4) is 0 Å². The van der Waals surface area contributed by atoms with Crippen molar-refractivity contribution in [1.29, 1.82) is 0 Å². The number of carbonyl (C=O) groups is 1. The monoisotopic (exact) mass is 376 g/mol. The van der Waals surface area contributed by atoms with Gasteiger partial charge in [0.1, 0.15) is 5.75 Å². The smallest absolute Gasteiger partial charge is 0.235 e. The molecule has 26 heavy (non-hydrogen) atoms. The minimum Gasteiger partial charge on any atom is -0.497 e. The van der Waals surface area contributed by atoms with Gasteiger partial charge in [0.2, 0.25) is 15.9 Å². The Labute approximate surface area is 154 Å². The van der Waals surface area contributed by atoms with Crippen LogP contribution in [0, 0.1) is 0 Å². The molecule has 0 unspecified atom stereocenters. The molecule has 0 bridgehead atoms. The van der Waals surface area contributed by atoms with E-state index in [1.165, 1.54) is 4.31 Å². The quantitative estimate of drug-likeness (QED) is 0.724. The molecule has 0 spiro atoms. The van der Waals surface area contributed by atoms with E-state index in [2.05, 4.69) is 5.32 Å². The SMILES string of the molecule is COc1ccc(CCNC(=O)CN(Cc2ccccc2)S(C)(=O)=O)cc1. The van der Waals surface area contributed by atoms with Crippen molar-refractivity contribution in [3.63, 3.8) is 0 Å². The van der Waals surface area contributed by atoms with Crippen LogP contribution in [0.4, 0.5) is 0 Å². The van der Waals surface area contributed by atoms with E-state index in [0.717, 1.165) is 23.1 Å². The molecule has 0 heterocycles. The van der Waals surface area contributed by atoms with Crippen LogP contribution < -0.4 is 10.1 Å². The molecule has 2 rings (SSSR count). The van der Waals surface area contributed by atoms with E-state index in [0.29, 0.717) is 13.0 Å². The van der Waals surface area contributed by atoms with Gasteiger partial charge in [-0.3, -0.25) is 4.79 Å². The summed E-state index contributed by atoms with van der Waals surface area (Å²) in [6.07, 6.45) is 1.77. The van der Waals surface area contributed by atoms with Gasteiger partial charge in [0.05, 0.1) is 19.9 Å². The van der Waals surface area contributed by atoms with Gasteiger partial charge in [0.15, 0.2) is 0 Å². The molecule has 0 saturated carbocycles. The van der Waals surface area contributed by atoms with E-state index in [1.54, 1.807) is 7.11 Å². The third-order valence-corrected chi connectivity index (χ3v) is 5.08. The number of nitrogens with zero attached hydrogens (tertiary/aromatic N) is 1. The molecule has 0 atom stereocenters. The van der Waals surface area contributed by atoms with Gasteiger partial charge in [-0.15, -0.1) is 0 Å². The highest BCUT2D eigenvalue weighted by Gasteiger charge is 2.20. The lowest BCUT2D eigenvalue weighted by atomic mass is 10.1. The van der Waals surface area contributed by atoms with Gasteiger partial charge in [-0.1, -0.05) is 42.5 Å². The second-order valence-electron chi connectivity index (χ2n) is 5.96. The summed E-state index contributed by atoms with van der Waals surface area (Å²) >= 11 is 0. The summed E-state index contributed by atoms with van der Waals surface area (Å²) in [4.78, 5) is 12.1. The van der Waals surface area contributed by atoms with Gasteiger partial charge in [-0.2, -0.15) is 4.31 Å². The number of amides is 1. The van der Waals surface area contributed by atoms with Crippen molar-refractivity contribution in [3.8, 4) is 5.75 Å². The third-order valence-electron chi connectivity index (χ3n) is 3.89. The highest BCUT2D eigenvalue weighted by molar-refractivity contribution is 7.88. The summed E-state index contributed by atoms with van der Waals surface area (Å²) in [5.41, 5.74) is 1.90. The number of nitrogens with one attached hydrogen (secondary N) is 1. The molecule has 2 aromatic rings. The number of methoxy groups -OCH3 is 1.